The first-order chi connectivity index (χ1) is 12.4. The molecule has 0 spiro atoms. The summed E-state index contributed by atoms with van der Waals surface area (Å²) in [5.41, 5.74) is -0.169. The summed E-state index contributed by atoms with van der Waals surface area (Å²) in [5, 5.41) is 0. The second-order valence-corrected chi connectivity index (χ2v) is 8.98. The lowest BCUT2D eigenvalue weighted by atomic mass is 9.80. The lowest BCUT2D eigenvalue weighted by Crippen LogP contribution is -2.21. The highest BCUT2D eigenvalue weighted by atomic mass is 16.1. The van der Waals surface area contributed by atoms with Crippen LogP contribution in [0.1, 0.15) is 137 Å². The fraction of sp³-hybridized carbons (Fsp3) is 0.917. The molecule has 0 rings (SSSR count). The van der Waals surface area contributed by atoms with E-state index in [0.717, 1.165) is 12.8 Å². The first-order valence-corrected chi connectivity index (χ1v) is 11.4. The van der Waals surface area contributed by atoms with E-state index in [1.54, 1.807) is 0 Å². The Morgan fingerprint density at radius 2 is 0.846 bits per heavy atom. The van der Waals surface area contributed by atoms with E-state index in [9.17, 15) is 9.59 Å². The Hall–Kier alpha value is -0.660. The van der Waals surface area contributed by atoms with E-state index in [4.69, 9.17) is 0 Å². The van der Waals surface area contributed by atoms with Gasteiger partial charge in [-0.05, 0) is 18.3 Å². The minimum Gasteiger partial charge on any atom is -0.300 e. The summed E-state index contributed by atoms with van der Waals surface area (Å²) in [6, 6.07) is 0. The van der Waals surface area contributed by atoms with E-state index in [1.807, 2.05) is 0 Å². The number of Topliss-reactive ketones (excluding diaryl/α,β-unsaturated/α-hetero) is 2. The second kappa shape index (κ2) is 16.5. The van der Waals surface area contributed by atoms with Gasteiger partial charge in [0.05, 0.1) is 0 Å². The zero-order chi connectivity index (χ0) is 19.7. The standard InChI is InChI=1S/C24H46O2/c1-5-7-9-11-13-15-17-19-23(26)21-24(3,4)20-22(25)18-16-14-12-10-8-6-2/h5-21H2,1-4H3. The molecule has 0 aliphatic heterocycles. The van der Waals surface area contributed by atoms with Gasteiger partial charge < -0.3 is 0 Å². The number of hydrogen-bond donors (Lipinski definition) is 0. The zero-order valence-electron chi connectivity index (χ0n) is 18.3. The molecule has 0 atom stereocenters. The smallest absolute Gasteiger partial charge is 0.133 e. The highest BCUT2D eigenvalue weighted by Crippen LogP contribution is 2.28. The van der Waals surface area contributed by atoms with Gasteiger partial charge in [-0.3, -0.25) is 9.59 Å². The van der Waals surface area contributed by atoms with Crippen LogP contribution in [0.4, 0.5) is 0 Å². The number of rotatable bonds is 19. The quantitative estimate of drug-likeness (QED) is 0.218. The number of carbonyl (C=O) groups is 2. The highest BCUT2D eigenvalue weighted by molar-refractivity contribution is 5.82. The molecule has 0 fully saturated rings. The molecule has 2 nitrogen and oxygen atoms in total. The maximum Gasteiger partial charge on any atom is 0.133 e. The zero-order valence-corrected chi connectivity index (χ0v) is 18.3. The molecule has 0 aliphatic carbocycles. The van der Waals surface area contributed by atoms with Crippen LogP contribution in [0.3, 0.4) is 0 Å². The van der Waals surface area contributed by atoms with Crippen molar-refractivity contribution in [2.45, 2.75) is 137 Å². The SMILES string of the molecule is CCCCCCCCCC(=O)CC(C)(C)CC(=O)CCCCCCCC. The summed E-state index contributed by atoms with van der Waals surface area (Å²) >= 11 is 0. The Labute approximate surface area is 163 Å². The average molecular weight is 367 g/mol. The molecule has 0 amide bonds. The molecule has 0 saturated carbocycles. The summed E-state index contributed by atoms with van der Waals surface area (Å²) in [5.74, 6) is 0.685. The van der Waals surface area contributed by atoms with E-state index in [-0.39, 0.29) is 5.41 Å². The van der Waals surface area contributed by atoms with Gasteiger partial charge in [0.25, 0.3) is 0 Å². The van der Waals surface area contributed by atoms with E-state index >= 15 is 0 Å². The van der Waals surface area contributed by atoms with Crippen LogP contribution in [0.25, 0.3) is 0 Å². The van der Waals surface area contributed by atoms with Gasteiger partial charge in [0.1, 0.15) is 11.6 Å². The van der Waals surface area contributed by atoms with Crippen LogP contribution >= 0.6 is 0 Å². The molecular weight excluding hydrogens is 320 g/mol. The van der Waals surface area contributed by atoms with Gasteiger partial charge >= 0.3 is 0 Å². The van der Waals surface area contributed by atoms with Crippen LogP contribution in [0.2, 0.25) is 0 Å². The van der Waals surface area contributed by atoms with Crippen LogP contribution in [0.15, 0.2) is 0 Å². The molecule has 0 bridgehead atoms. The maximum absolute atomic E-state index is 12.2. The lowest BCUT2D eigenvalue weighted by Gasteiger charge is -2.23. The third kappa shape index (κ3) is 16.8. The van der Waals surface area contributed by atoms with Crippen LogP contribution in [0.5, 0.6) is 0 Å². The molecule has 0 aromatic rings. The van der Waals surface area contributed by atoms with Crippen molar-refractivity contribution >= 4 is 11.6 Å². The van der Waals surface area contributed by atoms with Crippen LogP contribution < -0.4 is 0 Å². The Balaban J connectivity index is 3.76. The highest BCUT2D eigenvalue weighted by Gasteiger charge is 2.24. The van der Waals surface area contributed by atoms with Gasteiger partial charge in [0.2, 0.25) is 0 Å². The summed E-state index contributed by atoms with van der Waals surface area (Å²) in [6.07, 6.45) is 18.5. The number of ketones is 2. The largest absolute Gasteiger partial charge is 0.300 e. The molecule has 0 saturated heterocycles. The molecule has 0 aromatic carbocycles. The van der Waals surface area contributed by atoms with Gasteiger partial charge in [-0.25, -0.2) is 0 Å². The van der Waals surface area contributed by atoms with Gasteiger partial charge in [-0.15, -0.1) is 0 Å². The molecule has 0 N–H and O–H groups in total. The second-order valence-electron chi connectivity index (χ2n) is 8.98. The van der Waals surface area contributed by atoms with Gasteiger partial charge in [0.15, 0.2) is 0 Å². The molecule has 0 unspecified atom stereocenters. The predicted molar refractivity (Wildman–Crippen MR) is 114 cm³/mol. The van der Waals surface area contributed by atoms with Crippen molar-refractivity contribution in [3.05, 3.63) is 0 Å². The van der Waals surface area contributed by atoms with E-state index in [2.05, 4.69) is 27.7 Å². The van der Waals surface area contributed by atoms with Crippen molar-refractivity contribution in [3.8, 4) is 0 Å². The fourth-order valence-electron chi connectivity index (χ4n) is 3.69. The normalized spacial score (nSPS) is 11.7. The third-order valence-corrected chi connectivity index (χ3v) is 5.22. The molecule has 154 valence electrons. The van der Waals surface area contributed by atoms with Crippen molar-refractivity contribution in [1.29, 1.82) is 0 Å². The molecule has 0 aromatic heterocycles. The van der Waals surface area contributed by atoms with Gasteiger partial charge in [-0.2, -0.15) is 0 Å². The Kier molecular flexibility index (Phi) is 16.1. The van der Waals surface area contributed by atoms with E-state index in [0.29, 0.717) is 37.2 Å². The molecule has 0 radical (unpaired) electrons. The minimum atomic E-state index is -0.169. The molecular formula is C24H46O2. The predicted octanol–water partition coefficient (Wildman–Crippen LogP) is 7.82. The van der Waals surface area contributed by atoms with E-state index < -0.39 is 0 Å². The van der Waals surface area contributed by atoms with Crippen LogP contribution in [-0.2, 0) is 9.59 Å². The summed E-state index contributed by atoms with van der Waals surface area (Å²) in [4.78, 5) is 24.4. The Morgan fingerprint density at radius 3 is 1.19 bits per heavy atom. The first-order valence-electron chi connectivity index (χ1n) is 11.4. The van der Waals surface area contributed by atoms with Crippen molar-refractivity contribution in [2.75, 3.05) is 0 Å². The number of carbonyl (C=O) groups excluding carboxylic acids is 2. The monoisotopic (exact) mass is 366 g/mol. The van der Waals surface area contributed by atoms with Crippen molar-refractivity contribution < 1.29 is 9.59 Å². The van der Waals surface area contributed by atoms with E-state index in [1.165, 1.54) is 70.6 Å². The molecule has 0 aliphatic rings. The van der Waals surface area contributed by atoms with Gasteiger partial charge in [0, 0.05) is 25.7 Å². The Bertz CT molecular complexity index is 357. The van der Waals surface area contributed by atoms with Crippen LogP contribution in [0, 0.1) is 5.41 Å². The van der Waals surface area contributed by atoms with Crippen molar-refractivity contribution in [1.82, 2.24) is 0 Å². The fourth-order valence-corrected chi connectivity index (χ4v) is 3.69. The molecule has 2 heteroatoms. The summed E-state index contributed by atoms with van der Waals surface area (Å²) < 4.78 is 0. The van der Waals surface area contributed by atoms with Crippen molar-refractivity contribution in [2.24, 2.45) is 5.41 Å². The third-order valence-electron chi connectivity index (χ3n) is 5.22. The van der Waals surface area contributed by atoms with Crippen molar-refractivity contribution in [3.63, 3.8) is 0 Å². The number of unbranched alkanes of at least 4 members (excludes halogenated alkanes) is 11. The van der Waals surface area contributed by atoms with Gasteiger partial charge in [-0.1, -0.05) is 98.3 Å². The Morgan fingerprint density at radius 1 is 0.538 bits per heavy atom. The first kappa shape index (κ1) is 25.3. The molecule has 0 heterocycles. The average Bonchev–Trinajstić information content (AvgIpc) is 2.56. The number of hydrogen-bond acceptors (Lipinski definition) is 2. The lowest BCUT2D eigenvalue weighted by molar-refractivity contribution is -0.123. The molecule has 26 heavy (non-hydrogen) atoms. The minimum absolute atomic E-state index is 0.169. The summed E-state index contributed by atoms with van der Waals surface area (Å²) in [6.45, 7) is 8.61. The van der Waals surface area contributed by atoms with Crippen LogP contribution in [-0.4, -0.2) is 11.6 Å². The topological polar surface area (TPSA) is 34.1 Å². The maximum atomic E-state index is 12.2. The summed E-state index contributed by atoms with van der Waals surface area (Å²) in [7, 11) is 0.